The normalized spacial score (nSPS) is 11.9. The van der Waals surface area contributed by atoms with Crippen LogP contribution in [-0.2, 0) is 28.3 Å². The van der Waals surface area contributed by atoms with Crippen LogP contribution >= 0.6 is 46.6 Å². The molecule has 3 aromatic carbocycles. The van der Waals surface area contributed by atoms with Crippen LogP contribution in [0, 0.1) is 5.82 Å². The molecule has 0 saturated carbocycles. The number of carbonyl (C=O) groups is 2. The SMILES string of the molecule is CC(C)NC(=O)[C@@H](Cc1ccccc1)N(Cc1ccc(Cl)c(Cl)c1)C(=O)CSCc1c(F)cccc1Cl. The second kappa shape index (κ2) is 14.1. The minimum absolute atomic E-state index is 0.0340. The first-order valence-corrected chi connectivity index (χ1v) is 14.0. The third-order valence-electron chi connectivity index (χ3n) is 5.57. The molecule has 0 aliphatic rings. The van der Waals surface area contributed by atoms with E-state index in [9.17, 15) is 14.0 Å². The Morgan fingerprint density at radius 1 is 0.919 bits per heavy atom. The third-order valence-corrected chi connectivity index (χ3v) is 7.61. The van der Waals surface area contributed by atoms with E-state index in [-0.39, 0.29) is 35.9 Å². The average molecular weight is 582 g/mol. The molecule has 1 atom stereocenters. The van der Waals surface area contributed by atoms with Crippen LogP contribution in [0.2, 0.25) is 15.1 Å². The van der Waals surface area contributed by atoms with Crippen molar-refractivity contribution in [2.24, 2.45) is 0 Å². The van der Waals surface area contributed by atoms with E-state index in [0.29, 0.717) is 27.1 Å². The quantitative estimate of drug-likeness (QED) is 0.261. The highest BCUT2D eigenvalue weighted by Gasteiger charge is 2.30. The molecule has 4 nitrogen and oxygen atoms in total. The van der Waals surface area contributed by atoms with Gasteiger partial charge in [-0.3, -0.25) is 9.59 Å². The number of hydrogen-bond acceptors (Lipinski definition) is 3. The Balaban J connectivity index is 1.89. The summed E-state index contributed by atoms with van der Waals surface area (Å²) in [5.41, 5.74) is 2.00. The molecule has 9 heteroatoms. The van der Waals surface area contributed by atoms with Gasteiger partial charge in [0.2, 0.25) is 11.8 Å². The summed E-state index contributed by atoms with van der Waals surface area (Å²) in [7, 11) is 0. The summed E-state index contributed by atoms with van der Waals surface area (Å²) in [6.45, 7) is 3.90. The van der Waals surface area contributed by atoms with E-state index in [4.69, 9.17) is 34.8 Å². The Kier molecular flexibility index (Phi) is 11.1. The molecule has 3 rings (SSSR count). The highest BCUT2D eigenvalue weighted by molar-refractivity contribution is 7.99. The fourth-order valence-corrected chi connectivity index (χ4v) is 5.33. The molecular weight excluding hydrogens is 554 g/mol. The van der Waals surface area contributed by atoms with Crippen molar-refractivity contribution < 1.29 is 14.0 Å². The molecule has 37 heavy (non-hydrogen) atoms. The largest absolute Gasteiger partial charge is 0.352 e. The summed E-state index contributed by atoms with van der Waals surface area (Å²) in [5.74, 6) is -0.679. The molecular formula is C28H28Cl3FN2O2S. The second-order valence-electron chi connectivity index (χ2n) is 8.83. The Morgan fingerprint density at radius 2 is 1.65 bits per heavy atom. The number of amides is 2. The van der Waals surface area contributed by atoms with Gasteiger partial charge in [0.25, 0.3) is 0 Å². The summed E-state index contributed by atoms with van der Waals surface area (Å²) in [6.07, 6.45) is 0.330. The van der Waals surface area contributed by atoms with Crippen LogP contribution in [0.1, 0.15) is 30.5 Å². The summed E-state index contributed by atoms with van der Waals surface area (Å²) in [5, 5.41) is 4.02. The topological polar surface area (TPSA) is 49.4 Å². The van der Waals surface area contributed by atoms with Crippen molar-refractivity contribution in [2.75, 3.05) is 5.75 Å². The molecule has 2 amide bonds. The molecule has 0 radical (unpaired) electrons. The molecule has 0 aliphatic heterocycles. The van der Waals surface area contributed by atoms with Crippen molar-refractivity contribution in [1.29, 1.82) is 0 Å². The zero-order valence-electron chi connectivity index (χ0n) is 20.5. The third kappa shape index (κ3) is 8.64. The van der Waals surface area contributed by atoms with Crippen LogP contribution < -0.4 is 5.32 Å². The molecule has 3 aromatic rings. The van der Waals surface area contributed by atoms with Gasteiger partial charge in [-0.2, -0.15) is 0 Å². The first-order chi connectivity index (χ1) is 17.7. The zero-order valence-corrected chi connectivity index (χ0v) is 23.6. The Labute approximate surface area is 236 Å². The molecule has 0 aromatic heterocycles. The molecule has 0 aliphatic carbocycles. The van der Waals surface area contributed by atoms with E-state index in [1.54, 1.807) is 29.2 Å². The number of halogens is 4. The summed E-state index contributed by atoms with van der Waals surface area (Å²) in [6, 6.07) is 18.3. The van der Waals surface area contributed by atoms with Crippen LogP contribution in [-0.4, -0.2) is 34.6 Å². The fourth-order valence-electron chi connectivity index (χ4n) is 3.76. The van der Waals surface area contributed by atoms with E-state index >= 15 is 0 Å². The van der Waals surface area contributed by atoms with Crippen molar-refractivity contribution in [3.05, 3.63) is 104 Å². The lowest BCUT2D eigenvalue weighted by Gasteiger charge is -2.32. The maximum absolute atomic E-state index is 14.2. The molecule has 0 bridgehead atoms. The van der Waals surface area contributed by atoms with Crippen molar-refractivity contribution in [1.82, 2.24) is 10.2 Å². The zero-order chi connectivity index (χ0) is 26.9. The number of thioether (sulfide) groups is 1. The van der Waals surface area contributed by atoms with E-state index in [1.165, 1.54) is 23.9 Å². The van der Waals surface area contributed by atoms with Gasteiger partial charge in [-0.25, -0.2) is 4.39 Å². The average Bonchev–Trinajstić information content (AvgIpc) is 2.85. The molecule has 1 N–H and O–H groups in total. The smallest absolute Gasteiger partial charge is 0.243 e. The van der Waals surface area contributed by atoms with Gasteiger partial charge in [-0.15, -0.1) is 11.8 Å². The van der Waals surface area contributed by atoms with Crippen LogP contribution in [0.4, 0.5) is 4.39 Å². The van der Waals surface area contributed by atoms with Crippen LogP contribution in [0.3, 0.4) is 0 Å². The Bertz CT molecular complexity index is 1210. The lowest BCUT2D eigenvalue weighted by atomic mass is 10.0. The molecule has 196 valence electrons. The molecule has 0 unspecified atom stereocenters. The first kappa shape index (κ1) is 29.3. The lowest BCUT2D eigenvalue weighted by molar-refractivity contribution is -0.139. The molecule has 0 spiro atoms. The van der Waals surface area contributed by atoms with Crippen LogP contribution in [0.15, 0.2) is 66.7 Å². The number of benzene rings is 3. The van der Waals surface area contributed by atoms with Gasteiger partial charge in [0.15, 0.2) is 0 Å². The minimum Gasteiger partial charge on any atom is -0.352 e. The highest BCUT2D eigenvalue weighted by atomic mass is 35.5. The Hall–Kier alpha value is -2.25. The Morgan fingerprint density at radius 3 is 2.30 bits per heavy atom. The first-order valence-electron chi connectivity index (χ1n) is 11.7. The predicted octanol–water partition coefficient (Wildman–Crippen LogP) is 7.18. The van der Waals surface area contributed by atoms with Crippen molar-refractivity contribution in [3.8, 4) is 0 Å². The summed E-state index contributed by atoms with van der Waals surface area (Å²) >= 11 is 19.7. The van der Waals surface area contributed by atoms with Gasteiger partial charge in [-0.05, 0) is 49.2 Å². The summed E-state index contributed by atoms with van der Waals surface area (Å²) in [4.78, 5) is 28.6. The van der Waals surface area contributed by atoms with Crippen molar-refractivity contribution >= 4 is 58.4 Å². The number of nitrogens with one attached hydrogen (secondary N) is 1. The van der Waals surface area contributed by atoms with Gasteiger partial charge in [0.05, 0.1) is 15.8 Å². The van der Waals surface area contributed by atoms with Crippen molar-refractivity contribution in [2.45, 2.75) is 44.6 Å². The van der Waals surface area contributed by atoms with Gasteiger partial charge in [-0.1, -0.05) is 77.3 Å². The van der Waals surface area contributed by atoms with Gasteiger partial charge in [0, 0.05) is 35.3 Å². The van der Waals surface area contributed by atoms with Crippen LogP contribution in [0.5, 0.6) is 0 Å². The molecule has 0 saturated heterocycles. The standard InChI is InChI=1S/C28H28Cl3FN2O2S/c1-18(2)33-28(36)26(14-19-7-4-3-5-8-19)34(15-20-11-12-23(30)24(31)13-20)27(35)17-37-16-21-22(29)9-6-10-25(21)32/h3-13,18,26H,14-17H2,1-2H3,(H,33,36)/t26-/m1/s1. The number of rotatable bonds is 11. The van der Waals surface area contributed by atoms with Gasteiger partial charge in [0.1, 0.15) is 11.9 Å². The fraction of sp³-hybridized carbons (Fsp3) is 0.286. The second-order valence-corrected chi connectivity index (χ2v) is 11.0. The highest BCUT2D eigenvalue weighted by Crippen LogP contribution is 2.26. The van der Waals surface area contributed by atoms with E-state index in [1.807, 2.05) is 44.2 Å². The number of hydrogen-bond donors (Lipinski definition) is 1. The monoisotopic (exact) mass is 580 g/mol. The van der Waals surface area contributed by atoms with E-state index in [0.717, 1.165) is 11.1 Å². The molecule has 0 heterocycles. The summed E-state index contributed by atoms with van der Waals surface area (Å²) < 4.78 is 14.2. The number of nitrogens with zero attached hydrogens (tertiary/aromatic N) is 1. The predicted molar refractivity (Wildman–Crippen MR) is 152 cm³/mol. The van der Waals surface area contributed by atoms with Gasteiger partial charge < -0.3 is 10.2 Å². The van der Waals surface area contributed by atoms with E-state index < -0.39 is 11.9 Å². The maximum atomic E-state index is 14.2. The maximum Gasteiger partial charge on any atom is 0.243 e. The molecule has 0 fully saturated rings. The number of carbonyl (C=O) groups excluding carboxylic acids is 2. The van der Waals surface area contributed by atoms with Gasteiger partial charge >= 0.3 is 0 Å². The van der Waals surface area contributed by atoms with Crippen LogP contribution in [0.25, 0.3) is 0 Å². The van der Waals surface area contributed by atoms with E-state index in [2.05, 4.69) is 5.32 Å². The minimum atomic E-state index is -0.774. The lowest BCUT2D eigenvalue weighted by Crippen LogP contribution is -2.52. The van der Waals surface area contributed by atoms with Crippen molar-refractivity contribution in [3.63, 3.8) is 0 Å².